The molecule has 0 amide bonds. The Bertz CT molecular complexity index is 205. The second-order valence-corrected chi connectivity index (χ2v) is 5.23. The Morgan fingerprint density at radius 1 is 1.13 bits per heavy atom. The first-order chi connectivity index (χ1) is 7.34. The molecule has 1 heterocycles. The van der Waals surface area contributed by atoms with E-state index in [9.17, 15) is 4.79 Å². The number of carbonyl (C=O) groups excluding carboxylic acids is 1. The fourth-order valence-electron chi connectivity index (χ4n) is 2.63. The Hall–Kier alpha value is -0.370. The van der Waals surface area contributed by atoms with E-state index in [0.717, 1.165) is 31.7 Å². The van der Waals surface area contributed by atoms with Crippen molar-refractivity contribution in [1.82, 2.24) is 5.32 Å². The quantitative estimate of drug-likeness (QED) is 0.754. The molecule has 2 heteroatoms. The van der Waals surface area contributed by atoms with Crippen LogP contribution in [0.2, 0.25) is 0 Å². The van der Waals surface area contributed by atoms with Gasteiger partial charge < -0.3 is 5.32 Å². The molecule has 2 nitrogen and oxygen atoms in total. The average molecular weight is 209 g/mol. The maximum atomic E-state index is 11.7. The van der Waals surface area contributed by atoms with E-state index < -0.39 is 0 Å². The van der Waals surface area contributed by atoms with Gasteiger partial charge in [-0.3, -0.25) is 4.79 Å². The zero-order chi connectivity index (χ0) is 10.5. The van der Waals surface area contributed by atoms with E-state index in [2.05, 4.69) is 5.32 Å². The number of carbonyl (C=O) groups is 1. The molecule has 1 N–H and O–H groups in total. The highest BCUT2D eigenvalue weighted by atomic mass is 16.1. The van der Waals surface area contributed by atoms with Gasteiger partial charge in [-0.1, -0.05) is 25.7 Å². The summed E-state index contributed by atoms with van der Waals surface area (Å²) in [4.78, 5) is 11.7. The summed E-state index contributed by atoms with van der Waals surface area (Å²) < 4.78 is 0. The molecule has 0 aromatic rings. The number of ketones is 1. The highest BCUT2D eigenvalue weighted by Crippen LogP contribution is 2.30. The highest BCUT2D eigenvalue weighted by molar-refractivity contribution is 5.78. The Morgan fingerprint density at radius 2 is 2.00 bits per heavy atom. The number of hydrogen-bond donors (Lipinski definition) is 1. The lowest BCUT2D eigenvalue weighted by Crippen LogP contribution is -2.34. The topological polar surface area (TPSA) is 29.1 Å². The van der Waals surface area contributed by atoms with Gasteiger partial charge in [0, 0.05) is 18.9 Å². The van der Waals surface area contributed by atoms with Gasteiger partial charge in [-0.05, 0) is 31.7 Å². The smallest absolute Gasteiger partial charge is 0.133 e. The molecule has 2 fully saturated rings. The zero-order valence-corrected chi connectivity index (χ0v) is 9.63. The maximum Gasteiger partial charge on any atom is 0.133 e. The van der Waals surface area contributed by atoms with Gasteiger partial charge in [0.2, 0.25) is 0 Å². The fourth-order valence-corrected chi connectivity index (χ4v) is 2.63. The summed E-state index contributed by atoms with van der Waals surface area (Å²) in [5.74, 6) is 1.25. The van der Waals surface area contributed by atoms with Crippen molar-refractivity contribution in [2.45, 2.75) is 63.8 Å². The zero-order valence-electron chi connectivity index (χ0n) is 9.63. The highest BCUT2D eigenvalue weighted by Gasteiger charge is 2.21. The van der Waals surface area contributed by atoms with Crippen LogP contribution >= 0.6 is 0 Å². The third-order valence-electron chi connectivity index (χ3n) is 3.93. The third kappa shape index (κ3) is 3.60. The lowest BCUT2D eigenvalue weighted by atomic mass is 9.81. The summed E-state index contributed by atoms with van der Waals surface area (Å²) in [5, 5.41) is 3.50. The number of Topliss-reactive ketones (excluding diaryl/α,β-unsaturated/α-hetero) is 1. The first-order valence-corrected chi connectivity index (χ1v) is 6.59. The van der Waals surface area contributed by atoms with Gasteiger partial charge in [0.05, 0.1) is 0 Å². The SMILES string of the molecule is O=C(CCC1CCCCN1)CC1CCC1. The predicted octanol–water partition coefficient (Wildman–Crippen LogP) is 2.67. The molecule has 1 saturated heterocycles. The van der Waals surface area contributed by atoms with Crippen molar-refractivity contribution >= 4 is 5.78 Å². The van der Waals surface area contributed by atoms with E-state index in [4.69, 9.17) is 0 Å². The van der Waals surface area contributed by atoms with Crippen LogP contribution in [0.5, 0.6) is 0 Å². The molecule has 0 aromatic heterocycles. The molecule has 0 spiro atoms. The number of nitrogens with one attached hydrogen (secondary N) is 1. The minimum Gasteiger partial charge on any atom is -0.314 e. The summed E-state index contributed by atoms with van der Waals surface area (Å²) in [5.41, 5.74) is 0. The average Bonchev–Trinajstić information content (AvgIpc) is 2.22. The van der Waals surface area contributed by atoms with Crippen LogP contribution in [0.4, 0.5) is 0 Å². The molecule has 0 bridgehead atoms. The van der Waals surface area contributed by atoms with Gasteiger partial charge in [0.25, 0.3) is 0 Å². The molecule has 1 atom stereocenters. The molecule has 0 radical (unpaired) electrons. The maximum absolute atomic E-state index is 11.7. The summed E-state index contributed by atoms with van der Waals surface area (Å²) in [6.45, 7) is 1.15. The normalized spacial score (nSPS) is 27.3. The Labute approximate surface area is 92.8 Å². The molecule has 15 heavy (non-hydrogen) atoms. The summed E-state index contributed by atoms with van der Waals surface area (Å²) in [6, 6.07) is 0.629. The molecule has 2 aliphatic rings. The van der Waals surface area contributed by atoms with E-state index in [1.54, 1.807) is 0 Å². The monoisotopic (exact) mass is 209 g/mol. The lowest BCUT2D eigenvalue weighted by molar-refractivity contribution is -0.120. The number of piperidine rings is 1. The molecule has 2 rings (SSSR count). The second-order valence-electron chi connectivity index (χ2n) is 5.23. The molecule has 1 aliphatic carbocycles. The lowest BCUT2D eigenvalue weighted by Gasteiger charge is -2.26. The second kappa shape index (κ2) is 5.64. The molecule has 0 aromatic carbocycles. The molecular formula is C13H23NO. The Kier molecular flexibility index (Phi) is 4.18. The van der Waals surface area contributed by atoms with Crippen LogP contribution in [0.15, 0.2) is 0 Å². The van der Waals surface area contributed by atoms with Gasteiger partial charge in [0.1, 0.15) is 5.78 Å². The summed E-state index contributed by atoms with van der Waals surface area (Å²) >= 11 is 0. The molecule has 1 saturated carbocycles. The van der Waals surface area contributed by atoms with Crippen LogP contribution in [-0.2, 0) is 4.79 Å². The number of rotatable bonds is 5. The molecular weight excluding hydrogens is 186 g/mol. The van der Waals surface area contributed by atoms with Crippen molar-refractivity contribution in [3.05, 3.63) is 0 Å². The van der Waals surface area contributed by atoms with E-state index >= 15 is 0 Å². The first kappa shape index (κ1) is 11.1. The van der Waals surface area contributed by atoms with Crippen LogP contribution < -0.4 is 5.32 Å². The van der Waals surface area contributed by atoms with Crippen molar-refractivity contribution in [3.63, 3.8) is 0 Å². The Balaban J connectivity index is 1.57. The van der Waals surface area contributed by atoms with Gasteiger partial charge in [-0.2, -0.15) is 0 Å². The largest absolute Gasteiger partial charge is 0.314 e. The van der Waals surface area contributed by atoms with Gasteiger partial charge in [0.15, 0.2) is 0 Å². The van der Waals surface area contributed by atoms with Crippen LogP contribution in [0.3, 0.4) is 0 Å². The van der Waals surface area contributed by atoms with Crippen molar-refractivity contribution in [3.8, 4) is 0 Å². The summed E-state index contributed by atoms with van der Waals surface area (Å²) in [6.07, 6.45) is 10.6. The molecule has 1 aliphatic heterocycles. The van der Waals surface area contributed by atoms with Crippen molar-refractivity contribution in [1.29, 1.82) is 0 Å². The summed E-state index contributed by atoms with van der Waals surface area (Å²) in [7, 11) is 0. The van der Waals surface area contributed by atoms with Gasteiger partial charge >= 0.3 is 0 Å². The minimum atomic E-state index is 0.507. The van der Waals surface area contributed by atoms with E-state index in [1.807, 2.05) is 0 Å². The van der Waals surface area contributed by atoms with E-state index in [0.29, 0.717) is 11.8 Å². The fraction of sp³-hybridized carbons (Fsp3) is 0.923. The molecule has 1 unspecified atom stereocenters. The molecule has 86 valence electrons. The number of hydrogen-bond acceptors (Lipinski definition) is 2. The minimum absolute atomic E-state index is 0.507. The van der Waals surface area contributed by atoms with E-state index in [1.165, 1.54) is 38.5 Å². The van der Waals surface area contributed by atoms with Crippen molar-refractivity contribution in [2.24, 2.45) is 5.92 Å². The first-order valence-electron chi connectivity index (χ1n) is 6.59. The standard InChI is InChI=1S/C13H23NO/c15-13(10-11-4-3-5-11)8-7-12-6-1-2-9-14-12/h11-12,14H,1-10H2. The Morgan fingerprint density at radius 3 is 2.60 bits per heavy atom. The van der Waals surface area contributed by atoms with Gasteiger partial charge in [-0.15, -0.1) is 0 Å². The van der Waals surface area contributed by atoms with E-state index in [-0.39, 0.29) is 0 Å². The van der Waals surface area contributed by atoms with Crippen LogP contribution in [0, 0.1) is 5.92 Å². The third-order valence-corrected chi connectivity index (χ3v) is 3.93. The van der Waals surface area contributed by atoms with Crippen molar-refractivity contribution < 1.29 is 4.79 Å². The predicted molar refractivity (Wildman–Crippen MR) is 61.8 cm³/mol. The van der Waals surface area contributed by atoms with Crippen molar-refractivity contribution in [2.75, 3.05) is 6.54 Å². The van der Waals surface area contributed by atoms with Crippen LogP contribution in [0.1, 0.15) is 57.8 Å². The van der Waals surface area contributed by atoms with Gasteiger partial charge in [-0.25, -0.2) is 0 Å². The van der Waals surface area contributed by atoms with Crippen LogP contribution in [-0.4, -0.2) is 18.4 Å². The van der Waals surface area contributed by atoms with Crippen LogP contribution in [0.25, 0.3) is 0 Å².